The van der Waals surface area contributed by atoms with Gasteiger partial charge in [-0.2, -0.15) is 0 Å². The van der Waals surface area contributed by atoms with Crippen molar-refractivity contribution in [2.75, 3.05) is 4.90 Å². The van der Waals surface area contributed by atoms with Crippen LogP contribution >= 0.6 is 0 Å². The van der Waals surface area contributed by atoms with Gasteiger partial charge in [0.2, 0.25) is 0 Å². The van der Waals surface area contributed by atoms with Crippen LogP contribution in [-0.2, 0) is 0 Å². The first-order chi connectivity index (χ1) is 11.5. The van der Waals surface area contributed by atoms with Gasteiger partial charge in [0, 0.05) is 11.8 Å². The number of fused-ring (bicyclic) bond motifs is 2. The molecule has 0 aromatic heterocycles. The molecule has 0 saturated carbocycles. The van der Waals surface area contributed by atoms with Crippen LogP contribution in [0.2, 0.25) is 0 Å². The third kappa shape index (κ3) is 2.29. The van der Waals surface area contributed by atoms with Crippen molar-refractivity contribution in [1.82, 2.24) is 0 Å². The van der Waals surface area contributed by atoms with Crippen LogP contribution in [0, 0.1) is 13.8 Å². The van der Waals surface area contributed by atoms with Gasteiger partial charge in [0.1, 0.15) is 6.04 Å². The smallest absolute Gasteiger partial charge is 0.127 e. The van der Waals surface area contributed by atoms with Crippen molar-refractivity contribution < 1.29 is 5.73 Å². The summed E-state index contributed by atoms with van der Waals surface area (Å²) < 4.78 is 0. The van der Waals surface area contributed by atoms with Crippen molar-refractivity contribution in [2.24, 2.45) is 4.99 Å². The van der Waals surface area contributed by atoms with Crippen molar-refractivity contribution in [3.63, 3.8) is 0 Å². The summed E-state index contributed by atoms with van der Waals surface area (Å²) in [4.78, 5) is 7.24. The summed E-state index contributed by atoms with van der Waals surface area (Å²) in [5.74, 6) is 0. The van der Waals surface area contributed by atoms with E-state index >= 15 is 0 Å². The molecule has 1 atom stereocenters. The van der Waals surface area contributed by atoms with Gasteiger partial charge >= 0.3 is 0 Å². The van der Waals surface area contributed by atoms with Crippen LogP contribution in [-0.4, -0.2) is 11.8 Å². The molecule has 1 aliphatic heterocycles. The van der Waals surface area contributed by atoms with E-state index in [1.165, 1.54) is 16.7 Å². The highest BCUT2D eigenvalue weighted by Gasteiger charge is 2.29. The van der Waals surface area contributed by atoms with Crippen LogP contribution in [0.5, 0.6) is 0 Å². The predicted molar refractivity (Wildman–Crippen MR) is 100 cm³/mol. The fourth-order valence-corrected chi connectivity index (χ4v) is 3.25. The molecular weight excluding hydrogens is 294 g/mol. The molecule has 0 amide bonds. The molecule has 0 spiro atoms. The zero-order valence-corrected chi connectivity index (χ0v) is 14.4. The standard InChI is InChI=1S/C21H21N3/c1-13-9-18-20(11-14(13)2)24(16-7-5-4-6-8-16)21-12-17(22)15(3)10-19(21)23-18/h4-12,17H,22H2,1-3H3/p+1. The highest BCUT2D eigenvalue weighted by Crippen LogP contribution is 2.43. The molecule has 1 unspecified atom stereocenters. The lowest BCUT2D eigenvalue weighted by molar-refractivity contribution is -0.390. The summed E-state index contributed by atoms with van der Waals surface area (Å²) in [5, 5.41) is 0. The second-order valence-corrected chi connectivity index (χ2v) is 6.64. The van der Waals surface area contributed by atoms with E-state index in [4.69, 9.17) is 4.99 Å². The molecule has 0 fully saturated rings. The van der Waals surface area contributed by atoms with E-state index < -0.39 is 0 Å². The van der Waals surface area contributed by atoms with Gasteiger partial charge in [-0.15, -0.1) is 0 Å². The van der Waals surface area contributed by atoms with Gasteiger partial charge in [-0.3, -0.25) is 0 Å². The summed E-state index contributed by atoms with van der Waals surface area (Å²) in [6.45, 7) is 6.42. The Morgan fingerprint density at radius 3 is 2.46 bits per heavy atom. The quantitative estimate of drug-likeness (QED) is 0.849. The summed E-state index contributed by atoms with van der Waals surface area (Å²) >= 11 is 0. The fraction of sp³-hybridized carbons (Fsp3) is 0.190. The van der Waals surface area contributed by atoms with Crippen LogP contribution < -0.4 is 10.6 Å². The number of hydrogen-bond acceptors (Lipinski definition) is 2. The molecule has 3 heteroatoms. The number of rotatable bonds is 1. The maximum absolute atomic E-state index is 4.93. The van der Waals surface area contributed by atoms with Crippen LogP contribution in [0.1, 0.15) is 18.1 Å². The molecule has 120 valence electrons. The lowest BCUT2D eigenvalue weighted by Gasteiger charge is -2.35. The van der Waals surface area contributed by atoms with Crippen molar-refractivity contribution in [3.05, 3.63) is 77.0 Å². The first-order valence-corrected chi connectivity index (χ1v) is 8.33. The maximum atomic E-state index is 4.93. The Kier molecular flexibility index (Phi) is 3.39. The second kappa shape index (κ2) is 5.46. The Hall–Kier alpha value is -2.65. The summed E-state index contributed by atoms with van der Waals surface area (Å²) in [7, 11) is 0. The first-order valence-electron chi connectivity index (χ1n) is 8.33. The number of aryl methyl sites for hydroxylation is 2. The van der Waals surface area contributed by atoms with Gasteiger partial charge in [0.15, 0.2) is 0 Å². The molecule has 1 aliphatic carbocycles. The zero-order chi connectivity index (χ0) is 16.8. The Balaban J connectivity index is 1.99. The molecule has 4 rings (SSSR count). The lowest BCUT2D eigenvalue weighted by atomic mass is 9.95. The number of benzene rings is 2. The molecule has 1 heterocycles. The van der Waals surface area contributed by atoms with Crippen LogP contribution in [0.15, 0.2) is 70.9 Å². The molecule has 2 aromatic carbocycles. The highest BCUT2D eigenvalue weighted by molar-refractivity contribution is 6.17. The maximum Gasteiger partial charge on any atom is 0.127 e. The van der Waals surface area contributed by atoms with Gasteiger partial charge in [-0.25, -0.2) is 4.99 Å². The van der Waals surface area contributed by atoms with Gasteiger partial charge in [0.05, 0.1) is 22.8 Å². The first kappa shape index (κ1) is 14.9. The van der Waals surface area contributed by atoms with E-state index in [1.54, 1.807) is 0 Å². The number of anilines is 2. The topological polar surface area (TPSA) is 43.2 Å². The van der Waals surface area contributed by atoms with Gasteiger partial charge in [0.25, 0.3) is 0 Å². The third-order valence-corrected chi connectivity index (χ3v) is 4.90. The van der Waals surface area contributed by atoms with Gasteiger partial charge < -0.3 is 10.6 Å². The van der Waals surface area contributed by atoms with E-state index in [2.05, 4.69) is 80.0 Å². The van der Waals surface area contributed by atoms with E-state index in [-0.39, 0.29) is 6.04 Å². The van der Waals surface area contributed by atoms with E-state index in [0.29, 0.717) is 0 Å². The number of quaternary nitrogens is 1. The average Bonchev–Trinajstić information content (AvgIpc) is 2.57. The van der Waals surface area contributed by atoms with Crippen molar-refractivity contribution in [3.8, 4) is 0 Å². The Bertz CT molecular complexity index is 904. The second-order valence-electron chi connectivity index (χ2n) is 6.64. The molecule has 0 radical (unpaired) electrons. The molecule has 0 bridgehead atoms. The molecule has 3 nitrogen and oxygen atoms in total. The number of nitrogens with zero attached hydrogens (tertiary/aromatic N) is 2. The van der Waals surface area contributed by atoms with Crippen LogP contribution in [0.3, 0.4) is 0 Å². The minimum Gasteiger partial charge on any atom is -0.348 e. The fourth-order valence-electron chi connectivity index (χ4n) is 3.25. The number of aliphatic imine (C=N–C) groups is 1. The van der Waals surface area contributed by atoms with Crippen molar-refractivity contribution >= 4 is 22.8 Å². The number of hydrogen-bond donors (Lipinski definition) is 1. The van der Waals surface area contributed by atoms with Crippen LogP contribution in [0.25, 0.3) is 0 Å². The summed E-state index contributed by atoms with van der Waals surface area (Å²) in [5.41, 5.74) is 13.5. The number of allylic oxidation sites excluding steroid dienone is 1. The van der Waals surface area contributed by atoms with Crippen molar-refractivity contribution in [1.29, 1.82) is 0 Å². The minimum absolute atomic E-state index is 0.179. The Morgan fingerprint density at radius 2 is 1.71 bits per heavy atom. The van der Waals surface area contributed by atoms with E-state index in [0.717, 1.165) is 28.5 Å². The van der Waals surface area contributed by atoms with Gasteiger partial charge in [-0.1, -0.05) is 18.2 Å². The SMILES string of the molecule is CC1=CC2=Nc3cc(C)c(C)cc3N(c3ccccc3)C2=CC1[NH3+]. The third-order valence-electron chi connectivity index (χ3n) is 4.90. The molecule has 24 heavy (non-hydrogen) atoms. The lowest BCUT2D eigenvalue weighted by Crippen LogP contribution is -2.61. The summed E-state index contributed by atoms with van der Waals surface area (Å²) in [6.07, 6.45) is 4.39. The highest BCUT2D eigenvalue weighted by atomic mass is 15.2. The average molecular weight is 316 g/mol. The molecule has 2 aliphatic rings. The minimum atomic E-state index is 0.179. The van der Waals surface area contributed by atoms with E-state index in [1.807, 2.05) is 6.07 Å². The number of para-hydroxylation sites is 1. The normalized spacial score (nSPS) is 19.1. The zero-order valence-electron chi connectivity index (χ0n) is 14.4. The largest absolute Gasteiger partial charge is 0.348 e. The van der Waals surface area contributed by atoms with Crippen LogP contribution in [0.4, 0.5) is 17.1 Å². The Labute approximate surface area is 142 Å². The van der Waals surface area contributed by atoms with E-state index in [9.17, 15) is 0 Å². The molecular formula is C21H22N3+. The summed E-state index contributed by atoms with van der Waals surface area (Å²) in [6, 6.07) is 15.1. The van der Waals surface area contributed by atoms with Gasteiger partial charge in [-0.05, 0) is 67.8 Å². The molecule has 2 aromatic rings. The Morgan fingerprint density at radius 1 is 1.00 bits per heavy atom. The predicted octanol–water partition coefficient (Wildman–Crippen LogP) is 3.98. The molecule has 0 saturated heterocycles. The monoisotopic (exact) mass is 316 g/mol. The molecule has 3 N–H and O–H groups in total. The van der Waals surface area contributed by atoms with Crippen molar-refractivity contribution in [2.45, 2.75) is 26.8 Å².